The number of rotatable bonds is 2. The van der Waals surface area contributed by atoms with E-state index in [-0.39, 0.29) is 5.91 Å². The Bertz CT molecular complexity index is 334. The van der Waals surface area contributed by atoms with E-state index in [1.807, 2.05) is 17.0 Å². The topological polar surface area (TPSA) is 20.3 Å². The summed E-state index contributed by atoms with van der Waals surface area (Å²) in [4.78, 5) is 13.3. The molecule has 74 valence electrons. The Balaban J connectivity index is 2.20. The van der Waals surface area contributed by atoms with E-state index in [2.05, 4.69) is 28.1 Å². The SMILES string of the molecule is O=C1CCCN1c1ccc(CBr)cc1. The van der Waals surface area contributed by atoms with Crippen LogP contribution in [0.3, 0.4) is 0 Å². The lowest BCUT2D eigenvalue weighted by Gasteiger charge is -2.15. The zero-order chi connectivity index (χ0) is 9.97. The number of halogens is 1. The van der Waals surface area contributed by atoms with Crippen LogP contribution >= 0.6 is 15.9 Å². The van der Waals surface area contributed by atoms with Crippen LogP contribution in [0.4, 0.5) is 5.69 Å². The first kappa shape index (κ1) is 9.71. The Morgan fingerprint density at radius 3 is 2.50 bits per heavy atom. The van der Waals surface area contributed by atoms with E-state index in [0.717, 1.165) is 24.0 Å². The molecule has 1 aromatic rings. The zero-order valence-electron chi connectivity index (χ0n) is 7.87. The van der Waals surface area contributed by atoms with Gasteiger partial charge in [-0.25, -0.2) is 0 Å². The van der Waals surface area contributed by atoms with Gasteiger partial charge in [0.25, 0.3) is 0 Å². The van der Waals surface area contributed by atoms with E-state index in [4.69, 9.17) is 0 Å². The minimum atomic E-state index is 0.247. The first-order chi connectivity index (χ1) is 6.81. The molecular weight excluding hydrogens is 242 g/mol. The molecular formula is C11H12BrNO. The number of anilines is 1. The van der Waals surface area contributed by atoms with Crippen molar-refractivity contribution in [3.8, 4) is 0 Å². The largest absolute Gasteiger partial charge is 0.312 e. The molecule has 0 atom stereocenters. The van der Waals surface area contributed by atoms with E-state index in [1.165, 1.54) is 5.56 Å². The number of carbonyl (C=O) groups is 1. The highest BCUT2D eigenvalue weighted by Gasteiger charge is 2.21. The zero-order valence-corrected chi connectivity index (χ0v) is 9.46. The molecule has 1 heterocycles. The minimum Gasteiger partial charge on any atom is -0.312 e. The molecule has 1 saturated heterocycles. The normalized spacial score (nSPS) is 16.4. The summed E-state index contributed by atoms with van der Waals surface area (Å²) in [5, 5.41) is 0.862. The quantitative estimate of drug-likeness (QED) is 0.743. The molecule has 0 aromatic heterocycles. The van der Waals surface area contributed by atoms with Gasteiger partial charge in [-0.05, 0) is 24.1 Å². The van der Waals surface area contributed by atoms with Gasteiger partial charge in [0, 0.05) is 24.0 Å². The van der Waals surface area contributed by atoms with Gasteiger partial charge in [0.05, 0.1) is 0 Å². The Kier molecular flexibility index (Phi) is 2.87. The first-order valence-corrected chi connectivity index (χ1v) is 5.88. The van der Waals surface area contributed by atoms with Crippen molar-refractivity contribution in [1.29, 1.82) is 0 Å². The summed E-state index contributed by atoms with van der Waals surface area (Å²) in [7, 11) is 0. The lowest BCUT2D eigenvalue weighted by Crippen LogP contribution is -2.23. The average Bonchev–Trinajstić information content (AvgIpc) is 2.65. The smallest absolute Gasteiger partial charge is 0.227 e. The predicted molar refractivity (Wildman–Crippen MR) is 60.7 cm³/mol. The number of alkyl halides is 1. The summed E-state index contributed by atoms with van der Waals surface area (Å²) in [6.45, 7) is 0.868. The van der Waals surface area contributed by atoms with Crippen LogP contribution in [0.1, 0.15) is 18.4 Å². The maximum Gasteiger partial charge on any atom is 0.227 e. The van der Waals surface area contributed by atoms with E-state index >= 15 is 0 Å². The third-order valence-electron chi connectivity index (χ3n) is 2.48. The predicted octanol–water partition coefficient (Wildman–Crippen LogP) is 2.71. The number of nitrogens with zero attached hydrogens (tertiary/aromatic N) is 1. The molecule has 0 N–H and O–H groups in total. The van der Waals surface area contributed by atoms with Gasteiger partial charge in [-0.1, -0.05) is 28.1 Å². The number of amides is 1. The molecule has 0 radical (unpaired) electrons. The standard InChI is InChI=1S/C11H12BrNO/c12-8-9-3-5-10(6-4-9)13-7-1-2-11(13)14/h3-6H,1-2,7-8H2. The summed E-state index contributed by atoms with van der Waals surface area (Å²) < 4.78 is 0. The van der Waals surface area contributed by atoms with Crippen molar-refractivity contribution in [3.63, 3.8) is 0 Å². The average molecular weight is 254 g/mol. The number of benzene rings is 1. The first-order valence-electron chi connectivity index (χ1n) is 4.76. The third kappa shape index (κ3) is 1.82. The van der Waals surface area contributed by atoms with E-state index in [1.54, 1.807) is 0 Å². The van der Waals surface area contributed by atoms with Crippen LogP contribution in [0.2, 0.25) is 0 Å². The second-order valence-electron chi connectivity index (χ2n) is 3.45. The molecule has 0 saturated carbocycles. The molecule has 1 aromatic carbocycles. The minimum absolute atomic E-state index is 0.247. The van der Waals surface area contributed by atoms with Crippen molar-refractivity contribution < 1.29 is 4.79 Å². The monoisotopic (exact) mass is 253 g/mol. The fourth-order valence-corrected chi connectivity index (χ4v) is 2.06. The Morgan fingerprint density at radius 2 is 2.00 bits per heavy atom. The van der Waals surface area contributed by atoms with Gasteiger partial charge in [0.2, 0.25) is 5.91 Å². The van der Waals surface area contributed by atoms with Crippen LogP contribution in [-0.2, 0) is 10.1 Å². The highest BCUT2D eigenvalue weighted by atomic mass is 79.9. The Labute approximate surface area is 92.0 Å². The van der Waals surface area contributed by atoms with Gasteiger partial charge in [0.15, 0.2) is 0 Å². The fraction of sp³-hybridized carbons (Fsp3) is 0.364. The van der Waals surface area contributed by atoms with E-state index in [0.29, 0.717) is 6.42 Å². The summed E-state index contributed by atoms with van der Waals surface area (Å²) in [6.07, 6.45) is 1.68. The van der Waals surface area contributed by atoms with Gasteiger partial charge < -0.3 is 4.90 Å². The maximum atomic E-state index is 11.4. The van der Waals surface area contributed by atoms with Crippen LogP contribution in [0.15, 0.2) is 24.3 Å². The number of hydrogen-bond donors (Lipinski definition) is 0. The molecule has 2 rings (SSSR count). The van der Waals surface area contributed by atoms with Crippen molar-refractivity contribution in [2.75, 3.05) is 11.4 Å². The lowest BCUT2D eigenvalue weighted by molar-refractivity contribution is -0.117. The second-order valence-corrected chi connectivity index (χ2v) is 4.01. The highest BCUT2D eigenvalue weighted by Crippen LogP contribution is 2.21. The Hall–Kier alpha value is -0.830. The molecule has 0 aliphatic carbocycles. The lowest BCUT2D eigenvalue weighted by atomic mass is 10.2. The van der Waals surface area contributed by atoms with Gasteiger partial charge >= 0.3 is 0 Å². The maximum absolute atomic E-state index is 11.4. The molecule has 0 unspecified atom stereocenters. The highest BCUT2D eigenvalue weighted by molar-refractivity contribution is 9.08. The summed E-state index contributed by atoms with van der Waals surface area (Å²) in [5.74, 6) is 0.247. The second kappa shape index (κ2) is 4.13. The summed E-state index contributed by atoms with van der Waals surface area (Å²) in [6, 6.07) is 8.13. The van der Waals surface area contributed by atoms with Crippen LogP contribution in [0.25, 0.3) is 0 Å². The molecule has 3 heteroatoms. The third-order valence-corrected chi connectivity index (χ3v) is 3.12. The molecule has 1 fully saturated rings. The molecule has 0 bridgehead atoms. The van der Waals surface area contributed by atoms with Crippen molar-refractivity contribution in [3.05, 3.63) is 29.8 Å². The Morgan fingerprint density at radius 1 is 1.29 bits per heavy atom. The molecule has 2 nitrogen and oxygen atoms in total. The van der Waals surface area contributed by atoms with Gasteiger partial charge in [-0.2, -0.15) is 0 Å². The van der Waals surface area contributed by atoms with Gasteiger partial charge in [-0.3, -0.25) is 4.79 Å². The van der Waals surface area contributed by atoms with Crippen molar-refractivity contribution in [2.45, 2.75) is 18.2 Å². The van der Waals surface area contributed by atoms with Gasteiger partial charge in [0.1, 0.15) is 0 Å². The summed E-state index contributed by atoms with van der Waals surface area (Å²) >= 11 is 3.40. The number of hydrogen-bond acceptors (Lipinski definition) is 1. The van der Waals surface area contributed by atoms with Gasteiger partial charge in [-0.15, -0.1) is 0 Å². The number of carbonyl (C=O) groups excluding carboxylic acids is 1. The summed E-state index contributed by atoms with van der Waals surface area (Å²) in [5.41, 5.74) is 2.26. The fourth-order valence-electron chi connectivity index (χ4n) is 1.69. The van der Waals surface area contributed by atoms with Crippen molar-refractivity contribution in [2.24, 2.45) is 0 Å². The molecule has 1 amide bonds. The van der Waals surface area contributed by atoms with Crippen LogP contribution in [0.5, 0.6) is 0 Å². The van der Waals surface area contributed by atoms with E-state index < -0.39 is 0 Å². The van der Waals surface area contributed by atoms with Crippen LogP contribution < -0.4 is 4.90 Å². The van der Waals surface area contributed by atoms with E-state index in [9.17, 15) is 4.79 Å². The molecule has 14 heavy (non-hydrogen) atoms. The van der Waals surface area contributed by atoms with Crippen molar-refractivity contribution in [1.82, 2.24) is 0 Å². The van der Waals surface area contributed by atoms with Crippen LogP contribution in [-0.4, -0.2) is 12.5 Å². The van der Waals surface area contributed by atoms with Crippen LogP contribution in [0, 0.1) is 0 Å². The molecule has 1 aliphatic rings. The molecule has 0 spiro atoms. The van der Waals surface area contributed by atoms with Crippen molar-refractivity contribution >= 4 is 27.5 Å². The molecule has 1 aliphatic heterocycles.